The molecule has 0 aliphatic rings. The van der Waals surface area contributed by atoms with Crippen molar-refractivity contribution >= 4 is 23.0 Å². The van der Waals surface area contributed by atoms with Gasteiger partial charge in [0.15, 0.2) is 5.78 Å². The van der Waals surface area contributed by atoms with Gasteiger partial charge in [-0.25, -0.2) is 4.68 Å². The number of nitrogens with one attached hydrogen (secondary N) is 1. The number of ketones is 1. The van der Waals surface area contributed by atoms with Crippen molar-refractivity contribution in [3.63, 3.8) is 0 Å². The first-order chi connectivity index (χ1) is 12.5. The van der Waals surface area contributed by atoms with Gasteiger partial charge in [-0.15, -0.1) is 11.3 Å². The Bertz CT molecular complexity index is 912. The number of rotatable bonds is 7. The van der Waals surface area contributed by atoms with E-state index in [0.29, 0.717) is 6.54 Å². The van der Waals surface area contributed by atoms with Crippen molar-refractivity contribution in [2.24, 2.45) is 0 Å². The minimum Gasteiger partial charge on any atom is -0.352 e. The molecule has 0 radical (unpaired) electrons. The zero-order valence-electron chi connectivity index (χ0n) is 14.9. The van der Waals surface area contributed by atoms with Gasteiger partial charge in [-0.2, -0.15) is 5.10 Å². The molecule has 5 nitrogen and oxygen atoms in total. The van der Waals surface area contributed by atoms with E-state index in [-0.39, 0.29) is 24.5 Å². The zero-order chi connectivity index (χ0) is 18.5. The summed E-state index contributed by atoms with van der Waals surface area (Å²) in [5.74, 6) is -0.102. The van der Waals surface area contributed by atoms with E-state index in [2.05, 4.69) is 10.4 Å². The number of thiophene rings is 1. The Morgan fingerprint density at radius 2 is 1.92 bits per heavy atom. The van der Waals surface area contributed by atoms with Crippen LogP contribution >= 0.6 is 11.3 Å². The monoisotopic (exact) mass is 367 g/mol. The molecule has 3 aromatic rings. The Morgan fingerprint density at radius 3 is 2.62 bits per heavy atom. The van der Waals surface area contributed by atoms with Crippen LogP contribution in [0.3, 0.4) is 0 Å². The standard InChI is InChI=1S/C20H21N3O2S/c1-14-10-18(15(2)26-14)19(24)8-9-20(25)21-11-16-12-22-23(13-16)17-6-4-3-5-7-17/h3-7,10,12-13H,8-9,11H2,1-2H3,(H,21,25). The topological polar surface area (TPSA) is 64.0 Å². The summed E-state index contributed by atoms with van der Waals surface area (Å²) in [6.45, 7) is 4.32. The van der Waals surface area contributed by atoms with Gasteiger partial charge in [0.2, 0.25) is 5.91 Å². The maximum atomic E-state index is 12.2. The van der Waals surface area contributed by atoms with Crippen LogP contribution in [0.4, 0.5) is 0 Å². The molecule has 6 heteroatoms. The maximum absolute atomic E-state index is 12.2. The Morgan fingerprint density at radius 1 is 1.15 bits per heavy atom. The van der Waals surface area contributed by atoms with Crippen molar-refractivity contribution in [2.45, 2.75) is 33.2 Å². The Kier molecular flexibility index (Phi) is 5.63. The van der Waals surface area contributed by atoms with Crippen molar-refractivity contribution in [3.8, 4) is 5.69 Å². The largest absolute Gasteiger partial charge is 0.352 e. The summed E-state index contributed by atoms with van der Waals surface area (Å²) >= 11 is 1.61. The normalized spacial score (nSPS) is 10.7. The van der Waals surface area contributed by atoms with Gasteiger partial charge in [-0.05, 0) is 32.0 Å². The van der Waals surface area contributed by atoms with Crippen LogP contribution in [0, 0.1) is 13.8 Å². The Balaban J connectivity index is 1.48. The van der Waals surface area contributed by atoms with Crippen LogP contribution in [0.1, 0.15) is 38.5 Å². The summed E-state index contributed by atoms with van der Waals surface area (Å²) in [6.07, 6.45) is 4.04. The number of hydrogen-bond donors (Lipinski definition) is 1. The average Bonchev–Trinajstić information content (AvgIpc) is 3.25. The zero-order valence-corrected chi connectivity index (χ0v) is 15.7. The Hall–Kier alpha value is -2.73. The third-order valence-corrected chi connectivity index (χ3v) is 5.03. The molecule has 0 fully saturated rings. The lowest BCUT2D eigenvalue weighted by molar-refractivity contribution is -0.121. The van der Waals surface area contributed by atoms with Gasteiger partial charge in [0.1, 0.15) is 0 Å². The van der Waals surface area contributed by atoms with E-state index in [1.165, 1.54) is 0 Å². The fourth-order valence-electron chi connectivity index (χ4n) is 2.73. The van der Waals surface area contributed by atoms with E-state index < -0.39 is 0 Å². The number of para-hydroxylation sites is 1. The molecule has 0 atom stereocenters. The van der Waals surface area contributed by atoms with Crippen molar-refractivity contribution in [1.82, 2.24) is 15.1 Å². The third kappa shape index (κ3) is 4.46. The minimum absolute atomic E-state index is 0.0268. The molecule has 0 aliphatic heterocycles. The van der Waals surface area contributed by atoms with E-state index in [9.17, 15) is 9.59 Å². The SMILES string of the molecule is Cc1cc(C(=O)CCC(=O)NCc2cnn(-c3ccccc3)c2)c(C)s1. The molecule has 1 amide bonds. The number of carbonyl (C=O) groups is 2. The number of amides is 1. The van der Waals surface area contributed by atoms with Gasteiger partial charge in [0.05, 0.1) is 11.9 Å². The number of hydrogen-bond acceptors (Lipinski definition) is 4. The van der Waals surface area contributed by atoms with Crippen molar-refractivity contribution in [3.05, 3.63) is 69.7 Å². The highest BCUT2D eigenvalue weighted by atomic mass is 32.1. The number of nitrogens with zero attached hydrogens (tertiary/aromatic N) is 2. The van der Waals surface area contributed by atoms with E-state index in [4.69, 9.17) is 0 Å². The molecule has 0 aliphatic carbocycles. The van der Waals surface area contributed by atoms with Crippen molar-refractivity contribution < 1.29 is 9.59 Å². The summed E-state index contributed by atoms with van der Waals surface area (Å²) < 4.78 is 1.77. The summed E-state index contributed by atoms with van der Waals surface area (Å²) in [7, 11) is 0. The van der Waals surface area contributed by atoms with Crippen LogP contribution < -0.4 is 5.32 Å². The van der Waals surface area contributed by atoms with Gasteiger partial charge >= 0.3 is 0 Å². The van der Waals surface area contributed by atoms with E-state index in [1.54, 1.807) is 22.2 Å². The minimum atomic E-state index is -0.129. The lowest BCUT2D eigenvalue weighted by atomic mass is 10.1. The van der Waals surface area contributed by atoms with E-state index in [1.807, 2.05) is 56.4 Å². The molecule has 134 valence electrons. The lowest BCUT2D eigenvalue weighted by Crippen LogP contribution is -2.23. The molecule has 0 spiro atoms. The third-order valence-electron chi connectivity index (χ3n) is 4.07. The highest BCUT2D eigenvalue weighted by Crippen LogP contribution is 2.22. The van der Waals surface area contributed by atoms with Gasteiger partial charge in [-0.1, -0.05) is 18.2 Å². The molecule has 3 rings (SSSR count). The quantitative estimate of drug-likeness (QED) is 0.646. The first kappa shape index (κ1) is 18.1. The molecule has 0 saturated heterocycles. The summed E-state index contributed by atoms with van der Waals surface area (Å²) in [5.41, 5.74) is 2.62. The predicted octanol–water partition coefficient (Wildman–Crippen LogP) is 3.83. The number of Topliss-reactive ketones (excluding diaryl/α,β-unsaturated/α-hetero) is 1. The first-order valence-corrected chi connectivity index (χ1v) is 9.30. The number of benzene rings is 1. The van der Waals surface area contributed by atoms with Crippen LogP contribution in [0.25, 0.3) is 5.69 Å². The average molecular weight is 367 g/mol. The second kappa shape index (κ2) is 8.10. The van der Waals surface area contributed by atoms with Gasteiger partial charge in [0, 0.05) is 46.5 Å². The van der Waals surface area contributed by atoms with Crippen LogP contribution in [-0.4, -0.2) is 21.5 Å². The van der Waals surface area contributed by atoms with Gasteiger partial charge < -0.3 is 5.32 Å². The first-order valence-electron chi connectivity index (χ1n) is 8.49. The molecule has 1 N–H and O–H groups in total. The summed E-state index contributed by atoms with van der Waals surface area (Å²) in [6, 6.07) is 11.7. The smallest absolute Gasteiger partial charge is 0.220 e. The van der Waals surface area contributed by atoms with Crippen LogP contribution in [0.2, 0.25) is 0 Å². The van der Waals surface area contributed by atoms with Gasteiger partial charge in [0.25, 0.3) is 0 Å². The molecule has 2 heterocycles. The number of aromatic nitrogens is 2. The van der Waals surface area contributed by atoms with Crippen molar-refractivity contribution in [2.75, 3.05) is 0 Å². The van der Waals surface area contributed by atoms with Gasteiger partial charge in [-0.3, -0.25) is 9.59 Å². The molecule has 0 bridgehead atoms. The molecule has 0 unspecified atom stereocenters. The Labute approximate surface area is 156 Å². The summed E-state index contributed by atoms with van der Waals surface area (Å²) in [4.78, 5) is 26.4. The molecule has 26 heavy (non-hydrogen) atoms. The maximum Gasteiger partial charge on any atom is 0.220 e. The van der Waals surface area contributed by atoms with Crippen LogP contribution in [0.5, 0.6) is 0 Å². The fraction of sp³-hybridized carbons (Fsp3) is 0.250. The molecule has 0 saturated carbocycles. The van der Waals surface area contributed by atoms with E-state index >= 15 is 0 Å². The molecular weight excluding hydrogens is 346 g/mol. The fourth-order valence-corrected chi connectivity index (χ4v) is 3.67. The van der Waals surface area contributed by atoms with Crippen LogP contribution in [0.15, 0.2) is 48.8 Å². The second-order valence-electron chi connectivity index (χ2n) is 6.16. The molecule has 2 aromatic heterocycles. The molecular formula is C20H21N3O2S. The van der Waals surface area contributed by atoms with E-state index in [0.717, 1.165) is 26.6 Å². The number of aryl methyl sites for hydroxylation is 2. The number of carbonyl (C=O) groups excluding carboxylic acids is 2. The predicted molar refractivity (Wildman–Crippen MR) is 103 cm³/mol. The van der Waals surface area contributed by atoms with Crippen molar-refractivity contribution in [1.29, 1.82) is 0 Å². The highest BCUT2D eigenvalue weighted by Gasteiger charge is 2.13. The highest BCUT2D eigenvalue weighted by molar-refractivity contribution is 7.12. The second-order valence-corrected chi connectivity index (χ2v) is 7.62. The lowest BCUT2D eigenvalue weighted by Gasteiger charge is -2.04. The summed E-state index contributed by atoms with van der Waals surface area (Å²) in [5, 5.41) is 7.15. The molecule has 1 aromatic carbocycles. The van der Waals surface area contributed by atoms with Crippen LogP contribution in [-0.2, 0) is 11.3 Å².